The highest BCUT2D eigenvalue weighted by atomic mass is 15.6. The average molecular weight is 326 g/mol. The second-order valence-corrected chi connectivity index (χ2v) is 5.85. The highest BCUT2D eigenvalue weighted by Crippen LogP contribution is 2.22. The van der Waals surface area contributed by atoms with Crippen molar-refractivity contribution in [2.45, 2.75) is 6.54 Å². The molecule has 0 radical (unpaired) electrons. The Bertz CT molecular complexity index is 944. The second kappa shape index (κ2) is 6.61. The summed E-state index contributed by atoms with van der Waals surface area (Å²) in [6.07, 6.45) is 9.75. The van der Waals surface area contributed by atoms with Gasteiger partial charge in [-0.25, -0.2) is 4.98 Å². The van der Waals surface area contributed by atoms with Gasteiger partial charge in [0.2, 0.25) is 0 Å². The van der Waals surface area contributed by atoms with E-state index in [-0.39, 0.29) is 0 Å². The van der Waals surface area contributed by atoms with Gasteiger partial charge in [0.1, 0.15) is 0 Å². The summed E-state index contributed by atoms with van der Waals surface area (Å²) in [5.41, 5.74) is 3.95. The lowest BCUT2D eigenvalue weighted by Crippen LogP contribution is -2.36. The number of hydrogen-bond donors (Lipinski definition) is 0. The van der Waals surface area contributed by atoms with Gasteiger partial charge in [-0.3, -0.25) is 15.0 Å². The summed E-state index contributed by atoms with van der Waals surface area (Å²) >= 11 is 0. The standard InChI is InChI=1S/C21H18N4/c1-17-11-13-24(14-12-17)25(16-18-7-3-2-4-8-18)21-15-22-19-9-5-6-10-20(19)23-21/h2-15H,1,16H2. The van der Waals surface area contributed by atoms with E-state index >= 15 is 0 Å². The number of anilines is 1. The van der Waals surface area contributed by atoms with Crippen LogP contribution in [0.3, 0.4) is 0 Å². The smallest absolute Gasteiger partial charge is 0.167 e. The maximum atomic E-state index is 4.80. The van der Waals surface area contributed by atoms with Crippen molar-refractivity contribution in [1.29, 1.82) is 0 Å². The van der Waals surface area contributed by atoms with Crippen molar-refractivity contribution in [1.82, 2.24) is 15.0 Å². The zero-order chi connectivity index (χ0) is 17.1. The molecule has 0 N–H and O–H groups in total. The molecule has 122 valence electrons. The van der Waals surface area contributed by atoms with Crippen LogP contribution in [0.4, 0.5) is 5.82 Å². The molecule has 4 rings (SSSR count). The molecule has 0 spiro atoms. The van der Waals surface area contributed by atoms with E-state index in [1.54, 1.807) is 0 Å². The number of rotatable bonds is 4. The molecule has 1 aromatic heterocycles. The third-order valence-corrected chi connectivity index (χ3v) is 4.04. The Morgan fingerprint density at radius 1 is 0.880 bits per heavy atom. The molecule has 4 heteroatoms. The SMILES string of the molecule is C=C1C=CN(N(Cc2ccccc2)c2cnc3ccccc3n2)C=C1. The van der Waals surface area contributed by atoms with Gasteiger partial charge in [0, 0.05) is 12.4 Å². The summed E-state index contributed by atoms with van der Waals surface area (Å²) in [7, 11) is 0. The first-order valence-electron chi connectivity index (χ1n) is 8.16. The number of benzene rings is 2. The predicted octanol–water partition coefficient (Wildman–Crippen LogP) is 4.45. The molecule has 0 atom stereocenters. The topological polar surface area (TPSA) is 32.3 Å². The van der Waals surface area contributed by atoms with Crippen molar-refractivity contribution in [2.24, 2.45) is 0 Å². The average Bonchev–Trinajstić information content (AvgIpc) is 2.67. The summed E-state index contributed by atoms with van der Waals surface area (Å²) in [5, 5.41) is 4.11. The molecule has 0 saturated carbocycles. The van der Waals surface area contributed by atoms with Crippen LogP contribution in [0.5, 0.6) is 0 Å². The molecule has 0 bridgehead atoms. The van der Waals surface area contributed by atoms with Crippen molar-refractivity contribution in [3.8, 4) is 0 Å². The molecule has 2 aromatic carbocycles. The van der Waals surface area contributed by atoms with E-state index in [9.17, 15) is 0 Å². The third-order valence-electron chi connectivity index (χ3n) is 4.04. The molecule has 0 amide bonds. The van der Waals surface area contributed by atoms with E-state index in [2.05, 4.69) is 28.7 Å². The number of aromatic nitrogens is 2. The fourth-order valence-electron chi connectivity index (χ4n) is 2.72. The molecule has 2 heterocycles. The molecule has 0 aliphatic carbocycles. The molecule has 3 aromatic rings. The van der Waals surface area contributed by atoms with Gasteiger partial charge in [0.25, 0.3) is 0 Å². The normalized spacial score (nSPS) is 13.4. The molecule has 1 aliphatic heterocycles. The minimum absolute atomic E-state index is 0.690. The van der Waals surface area contributed by atoms with Crippen molar-refractivity contribution in [3.05, 3.63) is 103 Å². The van der Waals surface area contributed by atoms with Gasteiger partial charge in [-0.2, -0.15) is 0 Å². The summed E-state index contributed by atoms with van der Waals surface area (Å²) in [6, 6.07) is 18.2. The second-order valence-electron chi connectivity index (χ2n) is 5.85. The van der Waals surface area contributed by atoms with Crippen LogP contribution in [0.2, 0.25) is 0 Å². The largest absolute Gasteiger partial charge is 0.266 e. The first-order chi connectivity index (χ1) is 12.3. The Morgan fingerprint density at radius 2 is 1.56 bits per heavy atom. The van der Waals surface area contributed by atoms with Crippen LogP contribution in [0.15, 0.2) is 97.5 Å². The Hall–Kier alpha value is -3.40. The Morgan fingerprint density at radius 3 is 2.32 bits per heavy atom. The molecular weight excluding hydrogens is 308 g/mol. The number of para-hydroxylation sites is 2. The lowest BCUT2D eigenvalue weighted by atomic mass is 10.2. The van der Waals surface area contributed by atoms with Gasteiger partial charge in [0.05, 0.1) is 23.8 Å². The summed E-state index contributed by atoms with van der Waals surface area (Å²) in [5.74, 6) is 0.796. The fraction of sp³-hybridized carbons (Fsp3) is 0.0476. The van der Waals surface area contributed by atoms with Crippen molar-refractivity contribution < 1.29 is 0 Å². The highest BCUT2D eigenvalue weighted by Gasteiger charge is 2.16. The van der Waals surface area contributed by atoms with E-state index in [4.69, 9.17) is 4.98 Å². The monoisotopic (exact) mass is 326 g/mol. The zero-order valence-electron chi connectivity index (χ0n) is 13.8. The molecular formula is C21H18N4. The van der Waals surface area contributed by atoms with Crippen LogP contribution in [0.1, 0.15) is 5.56 Å². The van der Waals surface area contributed by atoms with E-state index in [1.165, 1.54) is 5.56 Å². The molecule has 0 saturated heterocycles. The number of fused-ring (bicyclic) bond motifs is 1. The molecule has 0 fully saturated rings. The highest BCUT2D eigenvalue weighted by molar-refractivity contribution is 5.75. The van der Waals surface area contributed by atoms with Crippen molar-refractivity contribution >= 4 is 16.9 Å². The lowest BCUT2D eigenvalue weighted by molar-refractivity contribution is 0.443. The molecule has 25 heavy (non-hydrogen) atoms. The van der Waals surface area contributed by atoms with E-state index in [0.29, 0.717) is 6.54 Å². The first-order valence-corrected chi connectivity index (χ1v) is 8.16. The van der Waals surface area contributed by atoms with Gasteiger partial charge in [0.15, 0.2) is 5.82 Å². The number of allylic oxidation sites excluding steroid dienone is 3. The zero-order valence-corrected chi connectivity index (χ0v) is 13.8. The van der Waals surface area contributed by atoms with Gasteiger partial charge >= 0.3 is 0 Å². The fourth-order valence-corrected chi connectivity index (χ4v) is 2.72. The maximum absolute atomic E-state index is 4.80. The van der Waals surface area contributed by atoms with Crippen LogP contribution in [-0.4, -0.2) is 15.0 Å². The Balaban J connectivity index is 1.74. The summed E-state index contributed by atoms with van der Waals surface area (Å²) < 4.78 is 0. The number of hydrazine groups is 1. The third kappa shape index (κ3) is 3.28. The van der Waals surface area contributed by atoms with Gasteiger partial charge in [-0.05, 0) is 35.4 Å². The van der Waals surface area contributed by atoms with Crippen LogP contribution in [-0.2, 0) is 6.54 Å². The maximum Gasteiger partial charge on any atom is 0.167 e. The van der Waals surface area contributed by atoms with E-state index in [0.717, 1.165) is 22.4 Å². The number of hydrogen-bond acceptors (Lipinski definition) is 4. The predicted molar refractivity (Wildman–Crippen MR) is 101 cm³/mol. The van der Waals surface area contributed by atoms with Crippen molar-refractivity contribution in [2.75, 3.05) is 5.01 Å². The minimum Gasteiger partial charge on any atom is -0.266 e. The van der Waals surface area contributed by atoms with Crippen LogP contribution in [0.25, 0.3) is 11.0 Å². The van der Waals surface area contributed by atoms with Crippen LogP contribution >= 0.6 is 0 Å². The van der Waals surface area contributed by atoms with Crippen molar-refractivity contribution in [3.63, 3.8) is 0 Å². The molecule has 1 aliphatic rings. The van der Waals surface area contributed by atoms with Crippen LogP contribution < -0.4 is 5.01 Å². The Kier molecular flexibility index (Phi) is 4.01. The lowest BCUT2D eigenvalue weighted by Gasteiger charge is -2.33. The molecule has 0 unspecified atom stereocenters. The number of nitrogens with zero attached hydrogens (tertiary/aromatic N) is 4. The quantitative estimate of drug-likeness (QED) is 0.709. The van der Waals surface area contributed by atoms with E-state index in [1.807, 2.05) is 78.2 Å². The summed E-state index contributed by atoms with van der Waals surface area (Å²) in [4.78, 5) is 9.35. The Labute approximate surface area is 147 Å². The van der Waals surface area contributed by atoms with E-state index < -0.39 is 0 Å². The van der Waals surface area contributed by atoms with Gasteiger partial charge in [-0.15, -0.1) is 0 Å². The van der Waals surface area contributed by atoms with Gasteiger partial charge < -0.3 is 0 Å². The first kappa shape index (κ1) is 15.1. The minimum atomic E-state index is 0.690. The van der Waals surface area contributed by atoms with Crippen LogP contribution in [0, 0.1) is 0 Å². The molecule has 4 nitrogen and oxygen atoms in total. The summed E-state index contributed by atoms with van der Waals surface area (Å²) in [6.45, 7) is 4.65. The van der Waals surface area contributed by atoms with Gasteiger partial charge in [-0.1, -0.05) is 49.0 Å².